The van der Waals surface area contributed by atoms with Gasteiger partial charge in [0.15, 0.2) is 5.82 Å². The molecule has 1 aromatic heterocycles. The van der Waals surface area contributed by atoms with Crippen LogP contribution in [-0.4, -0.2) is 16.4 Å². The lowest BCUT2D eigenvalue weighted by molar-refractivity contribution is 0.317. The maximum atomic E-state index is 6.11. The summed E-state index contributed by atoms with van der Waals surface area (Å²) in [5, 5.41) is 7.81. The molecular weight excluding hydrogens is 264 g/mol. The molecule has 3 N–H and O–H groups in total. The van der Waals surface area contributed by atoms with Crippen LogP contribution in [0.1, 0.15) is 32.4 Å². The van der Waals surface area contributed by atoms with E-state index in [2.05, 4.69) is 24.3 Å². The maximum Gasteiger partial charge on any atom is 0.152 e. The molecule has 2 rings (SSSR count). The van der Waals surface area contributed by atoms with Crippen LogP contribution in [0, 0.1) is 6.92 Å². The van der Waals surface area contributed by atoms with E-state index < -0.39 is 0 Å². The molecule has 0 saturated heterocycles. The number of anilines is 3. The van der Waals surface area contributed by atoms with Crippen LogP contribution in [0.5, 0.6) is 5.75 Å². The molecule has 0 radical (unpaired) electrons. The molecule has 1 aromatic carbocycles. The van der Waals surface area contributed by atoms with Gasteiger partial charge in [0.05, 0.1) is 18.0 Å². The average molecular weight is 288 g/mol. The zero-order valence-electron chi connectivity index (χ0n) is 13.0. The lowest BCUT2D eigenvalue weighted by atomic mass is 10.3. The minimum Gasteiger partial charge on any atom is -0.494 e. The van der Waals surface area contributed by atoms with E-state index in [1.54, 1.807) is 0 Å². The molecule has 0 atom stereocenters. The number of nitrogens with one attached hydrogen (secondary N) is 1. The SMILES string of the molecule is CCCOc1ccc(Nc2c(N)c(C)nn2CCC)cc1. The first-order valence-electron chi connectivity index (χ1n) is 7.48. The lowest BCUT2D eigenvalue weighted by Crippen LogP contribution is -2.05. The third kappa shape index (κ3) is 3.68. The smallest absolute Gasteiger partial charge is 0.152 e. The quantitative estimate of drug-likeness (QED) is 0.815. The molecule has 0 bridgehead atoms. The summed E-state index contributed by atoms with van der Waals surface area (Å²) >= 11 is 0. The van der Waals surface area contributed by atoms with Crippen LogP contribution >= 0.6 is 0 Å². The van der Waals surface area contributed by atoms with Crippen molar-refractivity contribution in [3.8, 4) is 5.75 Å². The van der Waals surface area contributed by atoms with E-state index in [0.29, 0.717) is 5.69 Å². The van der Waals surface area contributed by atoms with E-state index in [0.717, 1.165) is 48.9 Å². The third-order valence-electron chi connectivity index (χ3n) is 3.20. The van der Waals surface area contributed by atoms with Crippen molar-refractivity contribution in [2.75, 3.05) is 17.7 Å². The van der Waals surface area contributed by atoms with E-state index in [-0.39, 0.29) is 0 Å². The topological polar surface area (TPSA) is 65.1 Å². The number of benzene rings is 1. The highest BCUT2D eigenvalue weighted by Crippen LogP contribution is 2.27. The molecule has 114 valence electrons. The van der Waals surface area contributed by atoms with E-state index in [4.69, 9.17) is 10.5 Å². The van der Waals surface area contributed by atoms with Gasteiger partial charge in [-0.1, -0.05) is 13.8 Å². The molecule has 0 aliphatic carbocycles. The van der Waals surface area contributed by atoms with Crippen LogP contribution in [0.4, 0.5) is 17.2 Å². The molecule has 0 fully saturated rings. The Labute approximate surface area is 126 Å². The van der Waals surface area contributed by atoms with Crippen LogP contribution in [0.2, 0.25) is 0 Å². The number of hydrogen-bond acceptors (Lipinski definition) is 4. The number of nitrogens with zero attached hydrogens (tertiary/aromatic N) is 2. The zero-order valence-corrected chi connectivity index (χ0v) is 13.0. The third-order valence-corrected chi connectivity index (χ3v) is 3.20. The number of aryl methyl sites for hydroxylation is 2. The molecule has 0 aliphatic rings. The van der Waals surface area contributed by atoms with E-state index in [1.165, 1.54) is 0 Å². The summed E-state index contributed by atoms with van der Waals surface area (Å²) in [6.45, 7) is 7.72. The summed E-state index contributed by atoms with van der Waals surface area (Å²) in [6, 6.07) is 7.90. The van der Waals surface area contributed by atoms with Crippen molar-refractivity contribution in [3.63, 3.8) is 0 Å². The van der Waals surface area contributed by atoms with Crippen LogP contribution in [-0.2, 0) is 6.54 Å². The normalized spacial score (nSPS) is 10.6. The summed E-state index contributed by atoms with van der Waals surface area (Å²) in [7, 11) is 0. The molecule has 0 saturated carbocycles. The predicted molar refractivity (Wildman–Crippen MR) is 87.2 cm³/mol. The van der Waals surface area contributed by atoms with Gasteiger partial charge in [-0.05, 0) is 44.0 Å². The molecule has 0 spiro atoms. The number of nitrogens with two attached hydrogens (primary N) is 1. The van der Waals surface area contributed by atoms with E-state index in [9.17, 15) is 0 Å². The molecule has 5 heteroatoms. The zero-order chi connectivity index (χ0) is 15.2. The van der Waals surface area contributed by atoms with Crippen molar-refractivity contribution < 1.29 is 4.74 Å². The van der Waals surface area contributed by atoms with Gasteiger partial charge in [-0.15, -0.1) is 0 Å². The molecule has 1 heterocycles. The average Bonchev–Trinajstić information content (AvgIpc) is 2.75. The Morgan fingerprint density at radius 3 is 2.52 bits per heavy atom. The van der Waals surface area contributed by atoms with Gasteiger partial charge >= 0.3 is 0 Å². The highest BCUT2D eigenvalue weighted by Gasteiger charge is 2.12. The first kappa shape index (κ1) is 15.2. The molecule has 2 aromatic rings. The van der Waals surface area contributed by atoms with Crippen molar-refractivity contribution in [2.45, 2.75) is 40.2 Å². The van der Waals surface area contributed by atoms with Gasteiger partial charge in [0.25, 0.3) is 0 Å². The Morgan fingerprint density at radius 1 is 1.19 bits per heavy atom. The van der Waals surface area contributed by atoms with Crippen molar-refractivity contribution in [3.05, 3.63) is 30.0 Å². The fourth-order valence-corrected chi connectivity index (χ4v) is 2.09. The molecule has 0 amide bonds. The summed E-state index contributed by atoms with van der Waals surface area (Å²) in [6.07, 6.45) is 2.02. The molecular formula is C16H24N4O. The van der Waals surface area contributed by atoms with Crippen molar-refractivity contribution in [1.29, 1.82) is 0 Å². The number of rotatable bonds is 7. The number of ether oxygens (including phenoxy) is 1. The van der Waals surface area contributed by atoms with Gasteiger partial charge < -0.3 is 15.8 Å². The highest BCUT2D eigenvalue weighted by molar-refractivity contribution is 5.71. The summed E-state index contributed by atoms with van der Waals surface area (Å²) in [5.74, 6) is 1.74. The van der Waals surface area contributed by atoms with Crippen molar-refractivity contribution >= 4 is 17.2 Å². The maximum absolute atomic E-state index is 6.11. The van der Waals surface area contributed by atoms with Crippen molar-refractivity contribution in [2.24, 2.45) is 0 Å². The summed E-state index contributed by atoms with van der Waals surface area (Å²) in [4.78, 5) is 0. The minimum atomic E-state index is 0.703. The van der Waals surface area contributed by atoms with Gasteiger partial charge in [-0.2, -0.15) is 5.10 Å². The van der Waals surface area contributed by atoms with E-state index in [1.807, 2.05) is 35.9 Å². The molecule has 0 aliphatic heterocycles. The number of aromatic nitrogens is 2. The number of hydrogen-bond donors (Lipinski definition) is 2. The fraction of sp³-hybridized carbons (Fsp3) is 0.438. The van der Waals surface area contributed by atoms with Crippen LogP contribution in [0.25, 0.3) is 0 Å². The highest BCUT2D eigenvalue weighted by atomic mass is 16.5. The van der Waals surface area contributed by atoms with Crippen LogP contribution in [0.15, 0.2) is 24.3 Å². The Bertz CT molecular complexity index is 575. The van der Waals surface area contributed by atoms with Crippen molar-refractivity contribution in [1.82, 2.24) is 9.78 Å². The molecule has 5 nitrogen and oxygen atoms in total. The second-order valence-corrected chi connectivity index (χ2v) is 5.07. The monoisotopic (exact) mass is 288 g/mol. The van der Waals surface area contributed by atoms with Crippen LogP contribution < -0.4 is 15.8 Å². The Balaban J connectivity index is 2.14. The van der Waals surface area contributed by atoms with Gasteiger partial charge in [0, 0.05) is 12.2 Å². The standard InChI is InChI=1S/C16H24N4O/c1-4-10-20-16(15(17)12(3)19-20)18-13-6-8-14(9-7-13)21-11-5-2/h6-9,18H,4-5,10-11,17H2,1-3H3. The Hall–Kier alpha value is -2.17. The van der Waals surface area contributed by atoms with E-state index >= 15 is 0 Å². The fourth-order valence-electron chi connectivity index (χ4n) is 2.09. The second-order valence-electron chi connectivity index (χ2n) is 5.07. The Kier molecular flexibility index (Phi) is 5.09. The van der Waals surface area contributed by atoms with Gasteiger partial charge in [0.2, 0.25) is 0 Å². The van der Waals surface area contributed by atoms with Gasteiger partial charge in [-0.25, -0.2) is 4.68 Å². The lowest BCUT2D eigenvalue weighted by Gasteiger charge is -2.11. The summed E-state index contributed by atoms with van der Waals surface area (Å²) < 4.78 is 7.50. The minimum absolute atomic E-state index is 0.703. The Morgan fingerprint density at radius 2 is 1.90 bits per heavy atom. The predicted octanol–water partition coefficient (Wildman–Crippen LogP) is 3.72. The second kappa shape index (κ2) is 7.02. The molecule has 0 unspecified atom stereocenters. The van der Waals surface area contributed by atoms with Gasteiger partial charge in [0.1, 0.15) is 5.75 Å². The first-order chi connectivity index (χ1) is 10.2. The number of nitrogen functional groups attached to an aromatic ring is 1. The summed E-state index contributed by atoms with van der Waals surface area (Å²) in [5.41, 5.74) is 8.64. The van der Waals surface area contributed by atoms with Crippen LogP contribution in [0.3, 0.4) is 0 Å². The molecule has 21 heavy (non-hydrogen) atoms. The largest absolute Gasteiger partial charge is 0.494 e. The first-order valence-corrected chi connectivity index (χ1v) is 7.48. The van der Waals surface area contributed by atoms with Gasteiger partial charge in [-0.3, -0.25) is 0 Å².